The fraction of sp³-hybridized carbons (Fsp3) is 0.750. The van der Waals surface area contributed by atoms with E-state index in [0.29, 0.717) is 6.61 Å². The van der Waals surface area contributed by atoms with Crippen LogP contribution in [-0.4, -0.2) is 34.4 Å². The average Bonchev–Trinajstić information content (AvgIpc) is 2.94. The lowest BCUT2D eigenvalue weighted by molar-refractivity contribution is -0.127. The van der Waals surface area contributed by atoms with E-state index in [1.807, 2.05) is 17.8 Å². The molecule has 122 valence electrons. The molecule has 0 aromatic carbocycles. The minimum absolute atomic E-state index is 0.0197. The third kappa shape index (κ3) is 3.50. The maximum Gasteiger partial charge on any atom is 0.223 e. The molecule has 0 radical (unpaired) electrons. The molecular formula is C16H26N4O2. The van der Waals surface area contributed by atoms with Crippen molar-refractivity contribution in [3.63, 3.8) is 0 Å². The van der Waals surface area contributed by atoms with Crippen molar-refractivity contribution in [1.82, 2.24) is 15.1 Å². The number of hydrogen-bond acceptors (Lipinski definition) is 4. The fourth-order valence-electron chi connectivity index (χ4n) is 3.53. The van der Waals surface area contributed by atoms with E-state index < -0.39 is 0 Å². The molecule has 0 spiro atoms. The first kappa shape index (κ1) is 15.5. The van der Waals surface area contributed by atoms with Crippen molar-refractivity contribution in [2.24, 2.45) is 18.7 Å². The van der Waals surface area contributed by atoms with Crippen LogP contribution < -0.4 is 11.1 Å². The summed E-state index contributed by atoms with van der Waals surface area (Å²) in [5, 5.41) is 7.42. The Kier molecular flexibility index (Phi) is 4.78. The van der Waals surface area contributed by atoms with Crippen molar-refractivity contribution in [2.75, 3.05) is 6.61 Å². The van der Waals surface area contributed by atoms with Crippen LogP contribution in [0, 0.1) is 5.92 Å². The maximum absolute atomic E-state index is 12.4. The van der Waals surface area contributed by atoms with Gasteiger partial charge in [-0.1, -0.05) is 0 Å². The summed E-state index contributed by atoms with van der Waals surface area (Å²) >= 11 is 0. The highest BCUT2D eigenvalue weighted by molar-refractivity contribution is 5.79. The third-order valence-electron chi connectivity index (χ3n) is 4.96. The van der Waals surface area contributed by atoms with Gasteiger partial charge in [-0.15, -0.1) is 0 Å². The molecule has 1 aromatic rings. The van der Waals surface area contributed by atoms with Gasteiger partial charge in [-0.05, 0) is 44.6 Å². The van der Waals surface area contributed by atoms with Crippen LogP contribution in [-0.2, 0) is 16.6 Å². The van der Waals surface area contributed by atoms with Crippen LogP contribution in [0.15, 0.2) is 12.3 Å². The van der Waals surface area contributed by atoms with E-state index in [-0.39, 0.29) is 30.0 Å². The molecule has 3 N–H and O–H groups in total. The quantitative estimate of drug-likeness (QED) is 0.881. The molecule has 2 aliphatic rings. The van der Waals surface area contributed by atoms with Gasteiger partial charge in [-0.25, -0.2) is 0 Å². The lowest BCUT2D eigenvalue weighted by Crippen LogP contribution is -2.44. The molecule has 2 atom stereocenters. The zero-order chi connectivity index (χ0) is 15.5. The van der Waals surface area contributed by atoms with Crippen molar-refractivity contribution in [2.45, 2.75) is 56.7 Å². The fourth-order valence-corrected chi connectivity index (χ4v) is 3.53. The SMILES string of the molecule is Cn1nccc1C1CC(NC(=O)C2CCC(N)CC2)CCO1. The highest BCUT2D eigenvalue weighted by atomic mass is 16.5. The number of carbonyl (C=O) groups is 1. The Morgan fingerprint density at radius 2 is 2.14 bits per heavy atom. The number of aryl methyl sites for hydroxylation is 1. The number of aromatic nitrogens is 2. The summed E-state index contributed by atoms with van der Waals surface area (Å²) in [6, 6.07) is 2.45. The molecule has 1 aliphatic heterocycles. The molecule has 1 saturated heterocycles. The molecule has 6 heteroatoms. The number of rotatable bonds is 3. The van der Waals surface area contributed by atoms with E-state index in [1.54, 1.807) is 6.20 Å². The summed E-state index contributed by atoms with van der Waals surface area (Å²) in [4.78, 5) is 12.4. The van der Waals surface area contributed by atoms with E-state index in [4.69, 9.17) is 10.5 Å². The lowest BCUT2D eigenvalue weighted by atomic mass is 9.85. The first-order valence-corrected chi connectivity index (χ1v) is 8.29. The van der Waals surface area contributed by atoms with Gasteiger partial charge < -0.3 is 15.8 Å². The zero-order valence-electron chi connectivity index (χ0n) is 13.2. The Morgan fingerprint density at radius 1 is 1.36 bits per heavy atom. The summed E-state index contributed by atoms with van der Waals surface area (Å²) in [6.07, 6.45) is 7.26. The minimum atomic E-state index is 0.0197. The van der Waals surface area contributed by atoms with Gasteiger partial charge in [0.25, 0.3) is 0 Å². The van der Waals surface area contributed by atoms with Crippen LogP contribution in [0.25, 0.3) is 0 Å². The highest BCUT2D eigenvalue weighted by Crippen LogP contribution is 2.29. The Bertz CT molecular complexity index is 508. The van der Waals surface area contributed by atoms with Crippen LogP contribution in [0.1, 0.15) is 50.3 Å². The molecule has 2 heterocycles. The molecule has 3 rings (SSSR count). The molecule has 1 aliphatic carbocycles. The Balaban J connectivity index is 1.54. The second-order valence-corrected chi connectivity index (χ2v) is 6.58. The standard InChI is InChI=1S/C16H26N4O2/c1-20-14(6-8-18-20)15-10-13(7-9-22-15)19-16(21)11-2-4-12(17)5-3-11/h6,8,11-13,15H,2-5,7,9-10,17H2,1H3,(H,19,21). The van der Waals surface area contributed by atoms with Crippen LogP contribution in [0.4, 0.5) is 0 Å². The molecule has 1 amide bonds. The van der Waals surface area contributed by atoms with E-state index in [0.717, 1.165) is 44.2 Å². The predicted molar refractivity (Wildman–Crippen MR) is 83.0 cm³/mol. The second-order valence-electron chi connectivity index (χ2n) is 6.58. The van der Waals surface area contributed by atoms with Crippen LogP contribution in [0.2, 0.25) is 0 Å². The highest BCUT2D eigenvalue weighted by Gasteiger charge is 2.30. The van der Waals surface area contributed by atoms with Crippen LogP contribution in [0.3, 0.4) is 0 Å². The summed E-state index contributed by atoms with van der Waals surface area (Å²) in [5.74, 6) is 0.334. The second kappa shape index (κ2) is 6.79. The zero-order valence-corrected chi connectivity index (χ0v) is 13.2. The molecule has 1 aromatic heterocycles. The first-order valence-electron chi connectivity index (χ1n) is 8.29. The summed E-state index contributed by atoms with van der Waals surface area (Å²) in [6.45, 7) is 0.677. The average molecular weight is 306 g/mol. The number of amides is 1. The van der Waals surface area contributed by atoms with E-state index in [9.17, 15) is 4.79 Å². The van der Waals surface area contributed by atoms with Gasteiger partial charge in [-0.2, -0.15) is 5.10 Å². The third-order valence-corrected chi connectivity index (χ3v) is 4.96. The summed E-state index contributed by atoms with van der Waals surface area (Å²) in [5.41, 5.74) is 6.98. The van der Waals surface area contributed by atoms with Crippen molar-refractivity contribution in [1.29, 1.82) is 0 Å². The van der Waals surface area contributed by atoms with Crippen molar-refractivity contribution in [3.8, 4) is 0 Å². The number of ether oxygens (including phenoxy) is 1. The number of nitrogens with zero attached hydrogens (tertiary/aromatic N) is 2. The Hall–Kier alpha value is -1.40. The van der Waals surface area contributed by atoms with Gasteiger partial charge in [-0.3, -0.25) is 9.48 Å². The molecular weight excluding hydrogens is 280 g/mol. The monoisotopic (exact) mass is 306 g/mol. The topological polar surface area (TPSA) is 82.2 Å². The van der Waals surface area contributed by atoms with E-state index in [2.05, 4.69) is 10.4 Å². The van der Waals surface area contributed by atoms with Crippen molar-refractivity contribution >= 4 is 5.91 Å². The van der Waals surface area contributed by atoms with Crippen LogP contribution in [0.5, 0.6) is 0 Å². The molecule has 0 bridgehead atoms. The lowest BCUT2D eigenvalue weighted by Gasteiger charge is -2.32. The largest absolute Gasteiger partial charge is 0.372 e. The first-order chi connectivity index (χ1) is 10.6. The van der Waals surface area contributed by atoms with Gasteiger partial charge in [0.2, 0.25) is 5.91 Å². The van der Waals surface area contributed by atoms with Crippen LogP contribution >= 0.6 is 0 Å². The maximum atomic E-state index is 12.4. The van der Waals surface area contributed by atoms with Gasteiger partial charge in [0, 0.05) is 37.9 Å². The van der Waals surface area contributed by atoms with Gasteiger partial charge in [0.15, 0.2) is 0 Å². The summed E-state index contributed by atoms with van der Waals surface area (Å²) in [7, 11) is 1.92. The van der Waals surface area contributed by atoms with Gasteiger partial charge in [0.05, 0.1) is 5.69 Å². The number of nitrogens with one attached hydrogen (secondary N) is 1. The number of carbonyl (C=O) groups excluding carboxylic acids is 1. The van der Waals surface area contributed by atoms with E-state index in [1.165, 1.54) is 0 Å². The Labute approximate surface area is 131 Å². The van der Waals surface area contributed by atoms with Crippen molar-refractivity contribution in [3.05, 3.63) is 18.0 Å². The Morgan fingerprint density at radius 3 is 2.82 bits per heavy atom. The normalized spacial score (nSPS) is 32.6. The van der Waals surface area contributed by atoms with Gasteiger partial charge in [0.1, 0.15) is 6.10 Å². The molecule has 6 nitrogen and oxygen atoms in total. The number of nitrogens with two attached hydrogens (primary N) is 1. The smallest absolute Gasteiger partial charge is 0.223 e. The molecule has 22 heavy (non-hydrogen) atoms. The number of hydrogen-bond donors (Lipinski definition) is 2. The predicted octanol–water partition coefficient (Wildman–Crippen LogP) is 1.27. The molecule has 1 saturated carbocycles. The molecule has 2 fully saturated rings. The van der Waals surface area contributed by atoms with Crippen molar-refractivity contribution < 1.29 is 9.53 Å². The molecule has 2 unspecified atom stereocenters. The van der Waals surface area contributed by atoms with Gasteiger partial charge >= 0.3 is 0 Å². The minimum Gasteiger partial charge on any atom is -0.372 e. The summed E-state index contributed by atoms with van der Waals surface area (Å²) < 4.78 is 7.69. The van der Waals surface area contributed by atoms with E-state index >= 15 is 0 Å².